The molecule has 1 nitrogen and oxygen atoms in total. The van der Waals surface area contributed by atoms with E-state index < -0.39 is 0 Å². The van der Waals surface area contributed by atoms with Crippen molar-refractivity contribution in [2.45, 2.75) is 40.5 Å². The van der Waals surface area contributed by atoms with E-state index in [0.29, 0.717) is 5.92 Å². The normalized spacial score (nSPS) is 10.3. The van der Waals surface area contributed by atoms with E-state index in [2.05, 4.69) is 86.5 Å². The Labute approximate surface area is 140 Å². The standard InChI is InChI=1S/C20H21N.C2H6/c1-14(2)18-12-20(21-13-18)19-11-17(10-9-15(19)3)16-7-5-4-6-8-16;1-2/h4-14,21H,1-3H3;1-2H3. The van der Waals surface area contributed by atoms with Gasteiger partial charge in [0.25, 0.3) is 0 Å². The van der Waals surface area contributed by atoms with Crippen molar-refractivity contribution in [1.82, 2.24) is 4.98 Å². The molecule has 0 aliphatic carbocycles. The molecule has 1 N–H and O–H groups in total. The van der Waals surface area contributed by atoms with Crippen molar-refractivity contribution in [3.8, 4) is 22.4 Å². The van der Waals surface area contributed by atoms with Gasteiger partial charge in [0.2, 0.25) is 0 Å². The first-order chi connectivity index (χ1) is 11.1. The van der Waals surface area contributed by atoms with Crippen LogP contribution in [0.25, 0.3) is 22.4 Å². The summed E-state index contributed by atoms with van der Waals surface area (Å²) in [5.41, 5.74) is 7.66. The quantitative estimate of drug-likeness (QED) is 0.547. The zero-order chi connectivity index (χ0) is 16.8. The first-order valence-corrected chi connectivity index (χ1v) is 8.50. The second kappa shape index (κ2) is 7.82. The summed E-state index contributed by atoms with van der Waals surface area (Å²) in [6.45, 7) is 10.6. The third-order valence-electron chi connectivity index (χ3n) is 4.01. The average Bonchev–Trinajstić information content (AvgIpc) is 3.08. The fourth-order valence-corrected chi connectivity index (χ4v) is 2.62. The van der Waals surface area contributed by atoms with Gasteiger partial charge in [0.15, 0.2) is 0 Å². The van der Waals surface area contributed by atoms with Gasteiger partial charge in [-0.3, -0.25) is 0 Å². The zero-order valence-electron chi connectivity index (χ0n) is 14.9. The lowest BCUT2D eigenvalue weighted by Crippen LogP contribution is -1.86. The lowest BCUT2D eigenvalue weighted by atomic mass is 9.97. The summed E-state index contributed by atoms with van der Waals surface area (Å²) in [6.07, 6.45) is 2.12. The van der Waals surface area contributed by atoms with Gasteiger partial charge in [-0.2, -0.15) is 0 Å². The predicted molar refractivity (Wildman–Crippen MR) is 102 cm³/mol. The van der Waals surface area contributed by atoms with E-state index in [0.717, 1.165) is 0 Å². The minimum Gasteiger partial charge on any atom is -0.361 e. The lowest BCUT2D eigenvalue weighted by molar-refractivity contribution is 0.869. The first kappa shape index (κ1) is 17.1. The maximum Gasteiger partial charge on any atom is 0.0459 e. The molecule has 0 saturated carbocycles. The van der Waals surface area contributed by atoms with Crippen LogP contribution in [0.4, 0.5) is 0 Å². The number of benzene rings is 2. The molecule has 0 unspecified atom stereocenters. The number of nitrogens with one attached hydrogen (secondary N) is 1. The zero-order valence-corrected chi connectivity index (χ0v) is 14.9. The Morgan fingerprint density at radius 2 is 1.52 bits per heavy atom. The molecule has 0 spiro atoms. The molecule has 0 amide bonds. The molecule has 0 radical (unpaired) electrons. The third-order valence-corrected chi connectivity index (χ3v) is 4.01. The monoisotopic (exact) mass is 305 g/mol. The van der Waals surface area contributed by atoms with Crippen LogP contribution >= 0.6 is 0 Å². The number of hydrogen-bond donors (Lipinski definition) is 1. The molecule has 23 heavy (non-hydrogen) atoms. The van der Waals surface area contributed by atoms with Crippen LogP contribution in [-0.4, -0.2) is 4.98 Å². The van der Waals surface area contributed by atoms with Crippen LogP contribution in [0.15, 0.2) is 60.8 Å². The van der Waals surface area contributed by atoms with Gasteiger partial charge in [0.1, 0.15) is 0 Å². The highest BCUT2D eigenvalue weighted by Gasteiger charge is 2.09. The van der Waals surface area contributed by atoms with Crippen LogP contribution in [-0.2, 0) is 0 Å². The summed E-state index contributed by atoms with van der Waals surface area (Å²) in [5.74, 6) is 0.549. The van der Waals surface area contributed by atoms with Crippen molar-refractivity contribution in [1.29, 1.82) is 0 Å². The highest BCUT2D eigenvalue weighted by molar-refractivity contribution is 5.74. The molecule has 3 rings (SSSR count). The lowest BCUT2D eigenvalue weighted by Gasteiger charge is -2.08. The Bertz CT molecular complexity index is 736. The molecular weight excluding hydrogens is 278 g/mol. The van der Waals surface area contributed by atoms with Crippen molar-refractivity contribution in [3.63, 3.8) is 0 Å². The molecular formula is C22H27N. The summed E-state index contributed by atoms with van der Waals surface area (Å²) < 4.78 is 0. The molecule has 0 aliphatic rings. The van der Waals surface area contributed by atoms with Gasteiger partial charge < -0.3 is 4.98 Å². The Kier molecular flexibility index (Phi) is 5.81. The van der Waals surface area contributed by atoms with Crippen LogP contribution in [0.1, 0.15) is 44.7 Å². The van der Waals surface area contributed by atoms with E-state index >= 15 is 0 Å². The number of H-pyrrole nitrogens is 1. The van der Waals surface area contributed by atoms with Crippen molar-refractivity contribution in [3.05, 3.63) is 71.9 Å². The van der Waals surface area contributed by atoms with E-state index in [1.807, 2.05) is 13.8 Å². The van der Waals surface area contributed by atoms with Crippen molar-refractivity contribution in [2.75, 3.05) is 0 Å². The molecule has 0 atom stereocenters. The first-order valence-electron chi connectivity index (χ1n) is 8.50. The molecule has 120 valence electrons. The van der Waals surface area contributed by atoms with E-state index in [4.69, 9.17) is 0 Å². The SMILES string of the molecule is CC.Cc1ccc(-c2ccccc2)cc1-c1cc(C(C)C)c[nH]1. The van der Waals surface area contributed by atoms with Gasteiger partial charge >= 0.3 is 0 Å². The van der Waals surface area contributed by atoms with Gasteiger partial charge in [0.05, 0.1) is 0 Å². The van der Waals surface area contributed by atoms with Crippen LogP contribution < -0.4 is 0 Å². The second-order valence-electron chi connectivity index (χ2n) is 5.90. The Hall–Kier alpha value is -2.28. The summed E-state index contributed by atoms with van der Waals surface area (Å²) in [4.78, 5) is 3.42. The predicted octanol–water partition coefficient (Wildman–Crippen LogP) is 6.81. The van der Waals surface area contributed by atoms with E-state index in [1.165, 1.54) is 33.5 Å². The number of aryl methyl sites for hydroxylation is 1. The number of rotatable bonds is 3. The minimum atomic E-state index is 0.549. The fraction of sp³-hybridized carbons (Fsp3) is 0.273. The maximum absolute atomic E-state index is 3.42. The third kappa shape index (κ3) is 3.92. The number of hydrogen-bond acceptors (Lipinski definition) is 0. The molecule has 1 heterocycles. The van der Waals surface area contributed by atoms with Gasteiger partial charge in [0, 0.05) is 17.5 Å². The molecule has 1 aromatic heterocycles. The Morgan fingerprint density at radius 1 is 0.826 bits per heavy atom. The summed E-state index contributed by atoms with van der Waals surface area (Å²) >= 11 is 0. The largest absolute Gasteiger partial charge is 0.361 e. The summed E-state index contributed by atoms with van der Waals surface area (Å²) in [6, 6.07) is 19.5. The number of aromatic nitrogens is 1. The summed E-state index contributed by atoms with van der Waals surface area (Å²) in [5, 5.41) is 0. The Balaban J connectivity index is 0.000000924. The van der Waals surface area contributed by atoms with Crippen molar-refractivity contribution in [2.24, 2.45) is 0 Å². The van der Waals surface area contributed by atoms with Crippen LogP contribution in [0.3, 0.4) is 0 Å². The highest BCUT2D eigenvalue weighted by Crippen LogP contribution is 2.30. The fourth-order valence-electron chi connectivity index (χ4n) is 2.62. The van der Waals surface area contributed by atoms with Gasteiger partial charge in [-0.05, 0) is 47.2 Å². The molecule has 0 aliphatic heterocycles. The molecule has 3 aromatic rings. The van der Waals surface area contributed by atoms with Gasteiger partial charge in [-0.25, -0.2) is 0 Å². The Morgan fingerprint density at radius 3 is 2.13 bits per heavy atom. The summed E-state index contributed by atoms with van der Waals surface area (Å²) in [7, 11) is 0. The number of aromatic amines is 1. The van der Waals surface area contributed by atoms with E-state index in [1.54, 1.807) is 0 Å². The highest BCUT2D eigenvalue weighted by atomic mass is 14.7. The van der Waals surface area contributed by atoms with Gasteiger partial charge in [-0.15, -0.1) is 0 Å². The van der Waals surface area contributed by atoms with E-state index in [9.17, 15) is 0 Å². The van der Waals surface area contributed by atoms with E-state index in [-0.39, 0.29) is 0 Å². The average molecular weight is 305 g/mol. The molecule has 0 saturated heterocycles. The molecule has 0 bridgehead atoms. The minimum absolute atomic E-state index is 0.549. The van der Waals surface area contributed by atoms with Crippen molar-refractivity contribution < 1.29 is 0 Å². The molecule has 2 aromatic carbocycles. The second-order valence-corrected chi connectivity index (χ2v) is 5.90. The smallest absolute Gasteiger partial charge is 0.0459 e. The van der Waals surface area contributed by atoms with Crippen LogP contribution in [0, 0.1) is 6.92 Å². The topological polar surface area (TPSA) is 15.8 Å². The molecule has 1 heteroatoms. The van der Waals surface area contributed by atoms with Crippen LogP contribution in [0.2, 0.25) is 0 Å². The van der Waals surface area contributed by atoms with Crippen LogP contribution in [0.5, 0.6) is 0 Å². The van der Waals surface area contributed by atoms with Crippen molar-refractivity contribution >= 4 is 0 Å². The molecule has 0 fully saturated rings. The maximum atomic E-state index is 3.42. The van der Waals surface area contributed by atoms with Gasteiger partial charge in [-0.1, -0.05) is 70.2 Å².